The number of benzene rings is 3. The summed E-state index contributed by atoms with van der Waals surface area (Å²) >= 11 is 6.20. The van der Waals surface area contributed by atoms with Crippen molar-refractivity contribution in [3.05, 3.63) is 94.3 Å². The molecular weight excluding hydrogens is 390 g/mol. The topological polar surface area (TPSA) is 68.5 Å². The maximum Gasteiger partial charge on any atom is 0.262 e. The molecule has 1 heterocycles. The number of rotatable bonds is 5. The van der Waals surface area contributed by atoms with Gasteiger partial charge in [-0.1, -0.05) is 48.0 Å². The van der Waals surface area contributed by atoms with Gasteiger partial charge in [-0.05, 0) is 30.3 Å². The van der Waals surface area contributed by atoms with Gasteiger partial charge in [0.2, 0.25) is 5.43 Å². The highest BCUT2D eigenvalue weighted by Gasteiger charge is 2.12. The summed E-state index contributed by atoms with van der Waals surface area (Å²) in [5.41, 5.74) is 1.87. The first-order valence-electron chi connectivity index (χ1n) is 8.90. The third-order valence-corrected chi connectivity index (χ3v) is 4.67. The second-order valence-electron chi connectivity index (χ2n) is 6.32. The number of amides is 1. The molecular formula is C23H16ClNO4. The lowest BCUT2D eigenvalue weighted by Crippen LogP contribution is -2.20. The van der Waals surface area contributed by atoms with Gasteiger partial charge >= 0.3 is 0 Å². The van der Waals surface area contributed by atoms with Crippen molar-refractivity contribution in [1.29, 1.82) is 0 Å². The number of hydrogen-bond acceptors (Lipinski definition) is 4. The number of anilines is 1. The fraction of sp³-hybridized carbons (Fsp3) is 0.0435. The minimum atomic E-state index is -0.285. The first-order chi connectivity index (χ1) is 14.1. The van der Waals surface area contributed by atoms with Crippen molar-refractivity contribution in [3.8, 4) is 16.9 Å². The van der Waals surface area contributed by atoms with E-state index < -0.39 is 0 Å². The Hall–Kier alpha value is -3.57. The largest absolute Gasteiger partial charge is 0.484 e. The summed E-state index contributed by atoms with van der Waals surface area (Å²) in [5, 5.41) is 3.62. The van der Waals surface area contributed by atoms with E-state index in [-0.39, 0.29) is 17.9 Å². The van der Waals surface area contributed by atoms with Crippen molar-refractivity contribution >= 4 is 34.2 Å². The summed E-state index contributed by atoms with van der Waals surface area (Å²) in [6.07, 6.45) is 1.39. The minimum absolute atomic E-state index is 0.164. The van der Waals surface area contributed by atoms with E-state index in [1.54, 1.807) is 48.5 Å². The van der Waals surface area contributed by atoms with Gasteiger partial charge in [0.05, 0.1) is 10.9 Å². The van der Waals surface area contributed by atoms with Crippen molar-refractivity contribution in [2.75, 3.05) is 11.9 Å². The van der Waals surface area contributed by atoms with Crippen LogP contribution in [0.15, 0.2) is 88.3 Å². The Kier molecular flexibility index (Phi) is 5.31. The number of fused-ring (bicyclic) bond motifs is 1. The molecule has 6 heteroatoms. The Balaban J connectivity index is 1.53. The van der Waals surface area contributed by atoms with Gasteiger partial charge in [0, 0.05) is 22.3 Å². The second-order valence-corrected chi connectivity index (χ2v) is 6.73. The molecule has 29 heavy (non-hydrogen) atoms. The molecule has 5 nitrogen and oxygen atoms in total. The fourth-order valence-corrected chi connectivity index (χ4v) is 3.17. The number of hydrogen-bond donors (Lipinski definition) is 1. The molecule has 144 valence electrons. The van der Waals surface area contributed by atoms with Crippen molar-refractivity contribution in [1.82, 2.24) is 0 Å². The molecule has 4 aromatic rings. The lowest BCUT2D eigenvalue weighted by atomic mass is 10.1. The number of ether oxygens (including phenoxy) is 1. The molecule has 0 aliphatic rings. The van der Waals surface area contributed by atoms with Gasteiger partial charge < -0.3 is 14.5 Å². The van der Waals surface area contributed by atoms with E-state index in [1.165, 1.54) is 6.26 Å². The molecule has 1 aromatic heterocycles. The fourth-order valence-electron chi connectivity index (χ4n) is 2.93. The van der Waals surface area contributed by atoms with Gasteiger partial charge in [-0.2, -0.15) is 0 Å². The van der Waals surface area contributed by atoms with E-state index in [9.17, 15) is 9.59 Å². The monoisotopic (exact) mass is 405 g/mol. The van der Waals surface area contributed by atoms with E-state index in [1.807, 2.05) is 24.3 Å². The number of carbonyl (C=O) groups is 1. The Morgan fingerprint density at radius 2 is 1.72 bits per heavy atom. The highest BCUT2D eigenvalue weighted by atomic mass is 35.5. The van der Waals surface area contributed by atoms with E-state index >= 15 is 0 Å². The molecule has 3 aromatic carbocycles. The highest BCUT2D eigenvalue weighted by Crippen LogP contribution is 2.27. The summed E-state index contributed by atoms with van der Waals surface area (Å²) < 4.78 is 11.2. The zero-order valence-corrected chi connectivity index (χ0v) is 16.0. The van der Waals surface area contributed by atoms with Crippen LogP contribution in [0.2, 0.25) is 5.02 Å². The molecule has 1 N–H and O–H groups in total. The van der Waals surface area contributed by atoms with Crippen molar-refractivity contribution in [3.63, 3.8) is 0 Å². The molecule has 0 spiro atoms. The lowest BCUT2D eigenvalue weighted by Gasteiger charge is -2.09. The first-order valence-corrected chi connectivity index (χ1v) is 9.28. The summed E-state index contributed by atoms with van der Waals surface area (Å²) in [5.74, 6) is 0.140. The number of para-hydroxylation sites is 1. The molecule has 4 rings (SSSR count). The van der Waals surface area contributed by atoms with Gasteiger partial charge in [0.25, 0.3) is 5.91 Å². The lowest BCUT2D eigenvalue weighted by molar-refractivity contribution is -0.118. The molecule has 0 aliphatic carbocycles. The van der Waals surface area contributed by atoms with Crippen LogP contribution in [0.3, 0.4) is 0 Å². The third-order valence-electron chi connectivity index (χ3n) is 4.34. The summed E-state index contributed by atoms with van der Waals surface area (Å²) in [4.78, 5) is 24.9. The molecule has 1 amide bonds. The van der Waals surface area contributed by atoms with Crippen LogP contribution in [-0.2, 0) is 4.79 Å². The van der Waals surface area contributed by atoms with Gasteiger partial charge in [-0.15, -0.1) is 0 Å². The maximum atomic E-state index is 12.8. The minimum Gasteiger partial charge on any atom is -0.484 e. The Labute approximate surface area is 171 Å². The Morgan fingerprint density at radius 1 is 0.966 bits per heavy atom. The molecule has 0 unspecified atom stereocenters. The van der Waals surface area contributed by atoms with E-state index in [0.29, 0.717) is 38.6 Å². The summed E-state index contributed by atoms with van der Waals surface area (Å²) in [7, 11) is 0. The van der Waals surface area contributed by atoms with Crippen LogP contribution in [0.4, 0.5) is 5.69 Å². The molecule has 0 saturated heterocycles. The number of nitrogens with one attached hydrogen (secondary N) is 1. The Bertz CT molecular complexity index is 1230. The van der Waals surface area contributed by atoms with Crippen molar-refractivity contribution in [2.45, 2.75) is 0 Å². The quantitative estimate of drug-likeness (QED) is 0.499. The summed E-state index contributed by atoms with van der Waals surface area (Å²) in [6, 6.07) is 21.0. The zero-order chi connectivity index (χ0) is 20.2. The van der Waals surface area contributed by atoms with Gasteiger partial charge in [0.15, 0.2) is 6.61 Å². The van der Waals surface area contributed by atoms with Crippen LogP contribution in [0.25, 0.3) is 22.1 Å². The normalized spacial score (nSPS) is 10.7. The van der Waals surface area contributed by atoms with Crippen LogP contribution in [-0.4, -0.2) is 12.5 Å². The first kappa shape index (κ1) is 18.8. The third kappa shape index (κ3) is 4.15. The van der Waals surface area contributed by atoms with Gasteiger partial charge in [0.1, 0.15) is 17.6 Å². The molecule has 0 fully saturated rings. The van der Waals surface area contributed by atoms with E-state index in [2.05, 4.69) is 5.32 Å². The molecule has 0 atom stereocenters. The van der Waals surface area contributed by atoms with Crippen LogP contribution >= 0.6 is 11.6 Å². The van der Waals surface area contributed by atoms with Crippen molar-refractivity contribution < 1.29 is 13.9 Å². The number of carbonyl (C=O) groups excluding carboxylic acids is 1. The number of halogens is 1. The van der Waals surface area contributed by atoms with Gasteiger partial charge in [-0.25, -0.2) is 0 Å². The van der Waals surface area contributed by atoms with Crippen molar-refractivity contribution in [2.24, 2.45) is 0 Å². The molecule has 0 saturated carbocycles. The predicted molar refractivity (Wildman–Crippen MR) is 113 cm³/mol. The zero-order valence-electron chi connectivity index (χ0n) is 15.2. The van der Waals surface area contributed by atoms with Crippen LogP contribution < -0.4 is 15.5 Å². The van der Waals surface area contributed by atoms with Gasteiger partial charge in [-0.3, -0.25) is 9.59 Å². The second kappa shape index (κ2) is 8.20. The molecule has 0 aliphatic heterocycles. The van der Waals surface area contributed by atoms with E-state index in [0.717, 1.165) is 0 Å². The Morgan fingerprint density at radius 3 is 2.52 bits per heavy atom. The average molecular weight is 406 g/mol. The average Bonchev–Trinajstić information content (AvgIpc) is 2.74. The highest BCUT2D eigenvalue weighted by molar-refractivity contribution is 6.33. The SMILES string of the molecule is O=C(COc1ccc2c(=O)c(-c3ccccc3Cl)coc2c1)Nc1ccccc1. The standard InChI is InChI=1S/C23H16ClNO4/c24-20-9-5-4-8-17(20)19-13-29-21-12-16(10-11-18(21)23(19)27)28-14-22(26)25-15-6-2-1-3-7-15/h1-13H,14H2,(H,25,26). The summed E-state index contributed by atoms with van der Waals surface area (Å²) in [6.45, 7) is -0.164. The predicted octanol–water partition coefficient (Wildman–Crippen LogP) is 5.13. The smallest absolute Gasteiger partial charge is 0.262 e. The van der Waals surface area contributed by atoms with E-state index in [4.69, 9.17) is 20.8 Å². The molecule has 0 radical (unpaired) electrons. The van der Waals surface area contributed by atoms with Crippen LogP contribution in [0, 0.1) is 0 Å². The maximum absolute atomic E-state index is 12.8. The van der Waals surface area contributed by atoms with Crippen LogP contribution in [0.1, 0.15) is 0 Å². The van der Waals surface area contributed by atoms with Crippen LogP contribution in [0.5, 0.6) is 5.75 Å². The molecule has 0 bridgehead atoms.